The van der Waals surface area contributed by atoms with Crippen molar-refractivity contribution in [2.24, 2.45) is 46.3 Å². The molecule has 1 amide bonds. The summed E-state index contributed by atoms with van der Waals surface area (Å²) in [5.41, 5.74) is 0.429. The summed E-state index contributed by atoms with van der Waals surface area (Å²) in [5, 5.41) is 56.5. The Morgan fingerprint density at radius 2 is 1.67 bits per heavy atom. The van der Waals surface area contributed by atoms with E-state index in [0.717, 1.165) is 51.2 Å². The molecule has 0 heterocycles. The van der Waals surface area contributed by atoms with Gasteiger partial charge in [-0.3, -0.25) is 4.79 Å². The minimum Gasteiger partial charge on any atom is -0.507 e. The molecule has 0 spiro atoms. The number of carboxylic acids is 1. The Kier molecular flexibility index (Phi) is 12.2. The van der Waals surface area contributed by atoms with Gasteiger partial charge < -0.3 is 35.6 Å². The summed E-state index contributed by atoms with van der Waals surface area (Å²) in [6.07, 6.45) is 5.43. The van der Waals surface area contributed by atoms with Gasteiger partial charge in [-0.1, -0.05) is 20.8 Å². The summed E-state index contributed by atoms with van der Waals surface area (Å²) in [4.78, 5) is 25.5. The first kappa shape index (κ1) is 39.7. The summed E-state index contributed by atoms with van der Waals surface area (Å²) in [6, 6.07) is 7.65. The molecule has 0 bridgehead atoms. The molecule has 280 valence electrons. The van der Waals surface area contributed by atoms with Crippen LogP contribution in [-0.4, -0.2) is 61.8 Å². The van der Waals surface area contributed by atoms with Crippen LogP contribution >= 0.6 is 67.8 Å². The fraction of sp³-hybridized carbons (Fsp3) is 0.641. The van der Waals surface area contributed by atoms with E-state index in [0.29, 0.717) is 27.9 Å². The van der Waals surface area contributed by atoms with Crippen LogP contribution in [0, 0.1) is 57.0 Å². The normalized spacial score (nSPS) is 35.5. The number of hydrogen-bond donors (Lipinski definition) is 6. The van der Waals surface area contributed by atoms with Crippen LogP contribution in [-0.2, 0) is 16.0 Å². The number of fused-ring (bicyclic) bond motifs is 5. The summed E-state index contributed by atoms with van der Waals surface area (Å²) in [7, 11) is 0. The Morgan fingerprint density at radius 3 is 2.33 bits per heavy atom. The van der Waals surface area contributed by atoms with E-state index < -0.39 is 24.2 Å². The van der Waals surface area contributed by atoms with Crippen molar-refractivity contribution in [1.29, 1.82) is 0 Å². The number of aromatic hydroxyl groups is 1. The topological polar surface area (TPSA) is 157 Å². The van der Waals surface area contributed by atoms with Gasteiger partial charge in [0.05, 0.1) is 29.0 Å². The third kappa shape index (κ3) is 7.79. The van der Waals surface area contributed by atoms with Crippen LogP contribution in [0.1, 0.15) is 84.1 Å². The fourth-order valence-electron chi connectivity index (χ4n) is 10.9. The van der Waals surface area contributed by atoms with Crippen molar-refractivity contribution in [3.63, 3.8) is 0 Å². The maximum absolute atomic E-state index is 13.2. The molecule has 4 fully saturated rings. The summed E-state index contributed by atoms with van der Waals surface area (Å²) < 4.78 is 8.37. The molecule has 51 heavy (non-hydrogen) atoms. The fourth-order valence-corrected chi connectivity index (χ4v) is 13.5. The average Bonchev–Trinajstić information content (AvgIpc) is 3.42. The number of phenols is 1. The Morgan fingerprint density at radius 1 is 0.961 bits per heavy atom. The first-order valence-corrected chi connectivity index (χ1v) is 21.5. The van der Waals surface area contributed by atoms with Crippen molar-refractivity contribution < 1.29 is 39.9 Å². The molecule has 12 heteroatoms. The van der Waals surface area contributed by atoms with Crippen LogP contribution in [0.5, 0.6) is 17.2 Å². The molecule has 2 aromatic rings. The number of carbonyl (C=O) groups is 2. The van der Waals surface area contributed by atoms with Crippen LogP contribution in [0.25, 0.3) is 0 Å². The summed E-state index contributed by atoms with van der Waals surface area (Å²) in [5.74, 6) is 1.18. The molecule has 0 unspecified atom stereocenters. The number of benzene rings is 2. The standard InChI is InChI=1S/C39H50I3NO8/c1-19(24-6-7-25-35-26(18-33(47)39(24,25)3)38(2)11-10-22(44)15-21(38)16-32(35)46)4-9-34(48)43-30(37(49)50)14-20-12-28(41)36(29(42)13-20)51-23-5-8-31(45)27(40)17-23/h5,8,12-13,17,19,21-22,24-26,30,32-33,35,44-47H,4,6-7,9-11,14-16,18H2,1-3H3,(H,43,48)(H,49,50)/t19-,21+,22-,24-,25+,26+,30+,32-,33+,35+,38+,39-/m1/s1. The van der Waals surface area contributed by atoms with Gasteiger partial charge in [0, 0.05) is 12.8 Å². The lowest BCUT2D eigenvalue weighted by Gasteiger charge is -2.63. The molecular formula is C39H50I3NO8. The van der Waals surface area contributed by atoms with E-state index in [2.05, 4.69) is 71.3 Å². The molecule has 4 aliphatic carbocycles. The zero-order valence-electron chi connectivity index (χ0n) is 29.3. The third-order valence-electron chi connectivity index (χ3n) is 13.6. The Labute approximate surface area is 341 Å². The van der Waals surface area contributed by atoms with Crippen molar-refractivity contribution in [2.45, 2.75) is 109 Å². The number of aliphatic hydroxyl groups excluding tert-OH is 3. The second-order valence-electron chi connectivity index (χ2n) is 16.3. The number of amides is 1. The lowest BCUT2D eigenvalue weighted by atomic mass is 9.43. The first-order valence-electron chi connectivity index (χ1n) is 18.2. The molecule has 6 rings (SSSR count). The number of phenolic OH excluding ortho intramolecular Hbond substituents is 1. The Bertz CT molecular complexity index is 1620. The molecule has 0 saturated heterocycles. The molecule has 12 atom stereocenters. The van der Waals surface area contributed by atoms with Crippen molar-refractivity contribution in [2.75, 3.05) is 0 Å². The van der Waals surface area contributed by atoms with Gasteiger partial charge in [0.25, 0.3) is 0 Å². The second-order valence-corrected chi connectivity index (χ2v) is 19.8. The van der Waals surface area contributed by atoms with Crippen LogP contribution in [0.3, 0.4) is 0 Å². The van der Waals surface area contributed by atoms with Gasteiger partial charge >= 0.3 is 5.97 Å². The highest BCUT2D eigenvalue weighted by atomic mass is 127. The maximum atomic E-state index is 13.2. The first-order chi connectivity index (χ1) is 24.0. The average molecular weight is 1040 g/mol. The van der Waals surface area contributed by atoms with E-state index >= 15 is 0 Å². The van der Waals surface area contributed by atoms with Crippen molar-refractivity contribution in [3.8, 4) is 17.2 Å². The zero-order valence-corrected chi connectivity index (χ0v) is 35.8. The Balaban J connectivity index is 1.07. The van der Waals surface area contributed by atoms with Crippen LogP contribution in [0.15, 0.2) is 30.3 Å². The largest absolute Gasteiger partial charge is 0.507 e. The predicted octanol–water partition coefficient (Wildman–Crippen LogP) is 7.49. The lowest BCUT2D eigenvalue weighted by molar-refractivity contribution is -0.207. The third-order valence-corrected chi connectivity index (χ3v) is 16.1. The number of hydrogen-bond acceptors (Lipinski definition) is 7. The van der Waals surface area contributed by atoms with Gasteiger partial charge in [0.15, 0.2) is 5.75 Å². The zero-order chi connectivity index (χ0) is 37.0. The Hall–Kier alpha value is -0.950. The summed E-state index contributed by atoms with van der Waals surface area (Å²) in [6.45, 7) is 6.71. The van der Waals surface area contributed by atoms with E-state index in [1.807, 2.05) is 34.7 Å². The van der Waals surface area contributed by atoms with E-state index in [1.165, 1.54) is 0 Å². The number of carboxylic acid groups (broad SMARTS) is 1. The van der Waals surface area contributed by atoms with Gasteiger partial charge in [-0.15, -0.1) is 0 Å². The highest BCUT2D eigenvalue weighted by Gasteiger charge is 2.65. The smallest absolute Gasteiger partial charge is 0.326 e. The number of carbonyl (C=O) groups excluding carboxylic acids is 1. The van der Waals surface area contributed by atoms with E-state index in [-0.39, 0.29) is 76.9 Å². The molecule has 9 nitrogen and oxygen atoms in total. The number of aliphatic carboxylic acids is 1. The SMILES string of the molecule is C[C@H](CCC(=O)N[C@@H](Cc1cc(I)c(Oc2ccc(O)c(I)c2)c(I)c1)C(=O)O)[C@H]1CC[C@H]2[C@@H]3[C@H](O)C[C@@H]4C[C@H](O)CC[C@]4(C)[C@H]3C[C@H](O)[C@]12C. The van der Waals surface area contributed by atoms with Crippen molar-refractivity contribution in [3.05, 3.63) is 46.6 Å². The van der Waals surface area contributed by atoms with Gasteiger partial charge in [-0.25, -0.2) is 4.79 Å². The number of aliphatic hydroxyl groups is 3. The molecule has 0 aromatic heterocycles. The molecule has 4 saturated carbocycles. The predicted molar refractivity (Wildman–Crippen MR) is 218 cm³/mol. The number of rotatable bonds is 10. The highest BCUT2D eigenvalue weighted by Crippen LogP contribution is 2.68. The quantitative estimate of drug-likeness (QED) is 0.134. The van der Waals surface area contributed by atoms with E-state index in [1.54, 1.807) is 18.2 Å². The van der Waals surface area contributed by atoms with Gasteiger partial charge in [-0.2, -0.15) is 0 Å². The van der Waals surface area contributed by atoms with Gasteiger partial charge in [-0.05, 0) is 201 Å². The van der Waals surface area contributed by atoms with Gasteiger partial charge in [0.2, 0.25) is 5.91 Å². The van der Waals surface area contributed by atoms with Crippen LogP contribution < -0.4 is 10.1 Å². The molecule has 2 aromatic carbocycles. The van der Waals surface area contributed by atoms with E-state index in [4.69, 9.17) is 4.74 Å². The van der Waals surface area contributed by atoms with E-state index in [9.17, 15) is 35.1 Å². The summed E-state index contributed by atoms with van der Waals surface area (Å²) >= 11 is 6.36. The second kappa shape index (κ2) is 15.7. The minimum absolute atomic E-state index is 0.0209. The van der Waals surface area contributed by atoms with Crippen molar-refractivity contribution in [1.82, 2.24) is 5.32 Å². The van der Waals surface area contributed by atoms with Crippen molar-refractivity contribution >= 4 is 79.6 Å². The number of ether oxygens (including phenoxy) is 1. The van der Waals surface area contributed by atoms with Crippen LogP contribution in [0.4, 0.5) is 0 Å². The van der Waals surface area contributed by atoms with Crippen LogP contribution in [0.2, 0.25) is 0 Å². The molecule has 0 aliphatic heterocycles. The highest BCUT2D eigenvalue weighted by molar-refractivity contribution is 14.1. The molecular weight excluding hydrogens is 991 g/mol. The lowest BCUT2D eigenvalue weighted by Crippen LogP contribution is -2.62. The maximum Gasteiger partial charge on any atom is 0.326 e. The molecule has 4 aliphatic rings. The monoisotopic (exact) mass is 1040 g/mol. The minimum atomic E-state index is -1.10. The number of halogens is 3. The van der Waals surface area contributed by atoms with Gasteiger partial charge in [0.1, 0.15) is 17.5 Å². The number of nitrogens with one attached hydrogen (secondary N) is 1. The molecule has 6 N–H and O–H groups in total. The molecule has 0 radical (unpaired) electrons.